The molecule has 0 aliphatic heterocycles. The first kappa shape index (κ1) is 13.9. The van der Waals surface area contributed by atoms with Gasteiger partial charge in [-0.1, -0.05) is 27.5 Å². The van der Waals surface area contributed by atoms with E-state index in [-0.39, 0.29) is 26.9 Å². The van der Waals surface area contributed by atoms with Gasteiger partial charge in [-0.2, -0.15) is 4.98 Å². The lowest BCUT2D eigenvalue weighted by atomic mass is 10.3. The van der Waals surface area contributed by atoms with Gasteiger partial charge in [0.1, 0.15) is 10.7 Å². The van der Waals surface area contributed by atoms with E-state index in [1.165, 1.54) is 6.20 Å². The Morgan fingerprint density at radius 2 is 1.89 bits per heavy atom. The molecule has 0 aliphatic rings. The van der Waals surface area contributed by atoms with Crippen molar-refractivity contribution in [3.63, 3.8) is 0 Å². The van der Waals surface area contributed by atoms with E-state index < -0.39 is 11.6 Å². The first-order chi connectivity index (χ1) is 9.01. The van der Waals surface area contributed by atoms with E-state index >= 15 is 0 Å². The Hall–Kier alpha value is -1.51. The normalized spacial score (nSPS) is 10.4. The maximum atomic E-state index is 13.7. The number of nitrogens with zero attached hydrogens (tertiary/aromatic N) is 2. The van der Waals surface area contributed by atoms with Crippen LogP contribution in [0.25, 0.3) is 0 Å². The molecule has 2 rings (SSSR count). The van der Waals surface area contributed by atoms with Crippen molar-refractivity contribution in [2.24, 2.45) is 5.84 Å². The zero-order valence-electron chi connectivity index (χ0n) is 9.22. The molecule has 0 bridgehead atoms. The molecule has 1 heterocycles. The predicted octanol–water partition coefficient (Wildman–Crippen LogP) is 3.20. The fourth-order valence-corrected chi connectivity index (χ4v) is 1.84. The number of hydrazine groups is 1. The third kappa shape index (κ3) is 3.09. The summed E-state index contributed by atoms with van der Waals surface area (Å²) in [7, 11) is 0. The van der Waals surface area contributed by atoms with Crippen LogP contribution in [0.15, 0.2) is 22.8 Å². The van der Waals surface area contributed by atoms with Gasteiger partial charge in [0, 0.05) is 4.47 Å². The lowest BCUT2D eigenvalue weighted by Crippen LogP contribution is -2.11. The van der Waals surface area contributed by atoms with Gasteiger partial charge in [0.2, 0.25) is 5.95 Å². The van der Waals surface area contributed by atoms with Crippen LogP contribution in [0.3, 0.4) is 0 Å². The molecule has 0 saturated heterocycles. The summed E-state index contributed by atoms with van der Waals surface area (Å²) in [4.78, 5) is 7.60. The molecule has 0 saturated carbocycles. The van der Waals surface area contributed by atoms with Crippen molar-refractivity contribution in [3.05, 3.63) is 39.5 Å². The second-order valence-electron chi connectivity index (χ2n) is 3.40. The van der Waals surface area contributed by atoms with Crippen LogP contribution in [0.4, 0.5) is 26.2 Å². The molecule has 0 amide bonds. The summed E-state index contributed by atoms with van der Waals surface area (Å²) in [6.07, 6.45) is 1.25. The van der Waals surface area contributed by atoms with Crippen LogP contribution < -0.4 is 16.6 Å². The van der Waals surface area contributed by atoms with E-state index in [0.717, 1.165) is 12.1 Å². The molecule has 5 nitrogen and oxygen atoms in total. The van der Waals surface area contributed by atoms with Crippen molar-refractivity contribution in [1.82, 2.24) is 9.97 Å². The standard InChI is InChI=1S/C10H7BrClF2N5/c11-4-1-6(13)8(7(14)2-4)17-9-5(12)3-16-10(18-9)19-15/h1-3H,15H2,(H2,16,17,18,19). The van der Waals surface area contributed by atoms with Crippen LogP contribution in [0, 0.1) is 11.6 Å². The van der Waals surface area contributed by atoms with Crippen molar-refractivity contribution < 1.29 is 8.78 Å². The maximum absolute atomic E-state index is 13.7. The van der Waals surface area contributed by atoms with Gasteiger partial charge in [0.15, 0.2) is 17.5 Å². The van der Waals surface area contributed by atoms with Crippen LogP contribution in [0.2, 0.25) is 5.02 Å². The van der Waals surface area contributed by atoms with Gasteiger partial charge in [0.25, 0.3) is 0 Å². The molecule has 0 unspecified atom stereocenters. The molecule has 1 aromatic heterocycles. The fourth-order valence-electron chi connectivity index (χ4n) is 1.30. The Morgan fingerprint density at radius 3 is 2.47 bits per heavy atom. The van der Waals surface area contributed by atoms with E-state index in [0.29, 0.717) is 0 Å². The molecule has 0 aliphatic carbocycles. The Bertz CT molecular complexity index is 602. The molecule has 0 spiro atoms. The number of aromatic nitrogens is 2. The Morgan fingerprint density at radius 1 is 1.26 bits per heavy atom. The number of benzene rings is 1. The van der Waals surface area contributed by atoms with Gasteiger partial charge in [0.05, 0.1) is 6.20 Å². The van der Waals surface area contributed by atoms with Crippen molar-refractivity contribution >= 4 is 45.0 Å². The quantitative estimate of drug-likeness (QED) is 0.585. The third-order valence-electron chi connectivity index (χ3n) is 2.12. The van der Waals surface area contributed by atoms with Gasteiger partial charge < -0.3 is 5.32 Å². The summed E-state index contributed by atoms with van der Waals surface area (Å²) in [5.74, 6) is 3.66. The number of rotatable bonds is 3. The molecular weight excluding hydrogens is 343 g/mol. The highest BCUT2D eigenvalue weighted by Gasteiger charge is 2.13. The molecule has 100 valence electrons. The minimum atomic E-state index is -0.788. The van der Waals surface area contributed by atoms with Crippen molar-refractivity contribution in [3.8, 4) is 0 Å². The molecule has 1 aromatic carbocycles. The molecule has 0 fully saturated rings. The van der Waals surface area contributed by atoms with Crippen molar-refractivity contribution in [2.45, 2.75) is 0 Å². The van der Waals surface area contributed by atoms with E-state index in [1.807, 2.05) is 0 Å². The topological polar surface area (TPSA) is 75.9 Å². The molecular formula is C10H7BrClF2N5. The fraction of sp³-hybridized carbons (Fsp3) is 0. The summed E-state index contributed by atoms with van der Waals surface area (Å²) >= 11 is 8.81. The number of anilines is 3. The number of halogens is 4. The van der Waals surface area contributed by atoms with E-state index in [2.05, 4.69) is 36.6 Å². The SMILES string of the molecule is NNc1ncc(Cl)c(Nc2c(F)cc(Br)cc2F)n1. The number of nitrogens with one attached hydrogen (secondary N) is 2. The molecule has 2 aromatic rings. The zero-order chi connectivity index (χ0) is 14.0. The van der Waals surface area contributed by atoms with Crippen LogP contribution in [0.5, 0.6) is 0 Å². The van der Waals surface area contributed by atoms with E-state index in [1.54, 1.807) is 0 Å². The Kier molecular flexibility index (Phi) is 4.13. The summed E-state index contributed by atoms with van der Waals surface area (Å²) in [6, 6.07) is 2.23. The van der Waals surface area contributed by atoms with Gasteiger partial charge in [-0.15, -0.1) is 0 Å². The minimum absolute atomic E-state index is 0.0322. The second kappa shape index (κ2) is 5.64. The number of nitrogen functional groups attached to an aromatic ring is 1. The second-order valence-corrected chi connectivity index (χ2v) is 4.73. The van der Waals surface area contributed by atoms with Gasteiger partial charge >= 0.3 is 0 Å². The highest BCUT2D eigenvalue weighted by atomic mass is 79.9. The minimum Gasteiger partial charge on any atom is -0.334 e. The lowest BCUT2D eigenvalue weighted by Gasteiger charge is -2.10. The van der Waals surface area contributed by atoms with Gasteiger partial charge in [-0.3, -0.25) is 5.43 Å². The first-order valence-electron chi connectivity index (χ1n) is 4.92. The molecule has 0 radical (unpaired) electrons. The number of hydrogen-bond acceptors (Lipinski definition) is 5. The first-order valence-corrected chi connectivity index (χ1v) is 6.09. The van der Waals surface area contributed by atoms with E-state index in [4.69, 9.17) is 17.4 Å². The van der Waals surface area contributed by atoms with Gasteiger partial charge in [-0.05, 0) is 12.1 Å². The highest BCUT2D eigenvalue weighted by molar-refractivity contribution is 9.10. The molecule has 0 atom stereocenters. The Labute approximate surface area is 120 Å². The largest absolute Gasteiger partial charge is 0.334 e. The predicted molar refractivity (Wildman–Crippen MR) is 72.2 cm³/mol. The van der Waals surface area contributed by atoms with E-state index in [9.17, 15) is 8.78 Å². The monoisotopic (exact) mass is 349 g/mol. The summed E-state index contributed by atoms with van der Waals surface area (Å²) in [5.41, 5.74) is 1.83. The smallest absolute Gasteiger partial charge is 0.239 e. The highest BCUT2D eigenvalue weighted by Crippen LogP contribution is 2.29. The molecule has 9 heteroatoms. The zero-order valence-corrected chi connectivity index (χ0v) is 11.6. The van der Waals surface area contributed by atoms with Crippen molar-refractivity contribution in [2.75, 3.05) is 10.7 Å². The van der Waals surface area contributed by atoms with Crippen LogP contribution >= 0.6 is 27.5 Å². The average Bonchev–Trinajstić information content (AvgIpc) is 2.35. The summed E-state index contributed by atoms with van der Waals surface area (Å²) < 4.78 is 27.6. The average molecular weight is 351 g/mol. The Balaban J connectivity index is 2.41. The molecule has 4 N–H and O–H groups in total. The summed E-state index contributed by atoms with van der Waals surface area (Å²) in [5, 5.41) is 2.56. The summed E-state index contributed by atoms with van der Waals surface area (Å²) in [6.45, 7) is 0. The number of hydrogen-bond donors (Lipinski definition) is 3. The lowest BCUT2D eigenvalue weighted by molar-refractivity contribution is 0.589. The maximum Gasteiger partial charge on any atom is 0.239 e. The van der Waals surface area contributed by atoms with Crippen LogP contribution in [0.1, 0.15) is 0 Å². The van der Waals surface area contributed by atoms with Gasteiger partial charge in [-0.25, -0.2) is 19.6 Å². The third-order valence-corrected chi connectivity index (χ3v) is 2.86. The number of nitrogens with two attached hydrogens (primary N) is 1. The molecule has 19 heavy (non-hydrogen) atoms. The van der Waals surface area contributed by atoms with Crippen LogP contribution in [-0.2, 0) is 0 Å². The van der Waals surface area contributed by atoms with Crippen LogP contribution in [-0.4, -0.2) is 9.97 Å². The van der Waals surface area contributed by atoms with Crippen molar-refractivity contribution in [1.29, 1.82) is 0 Å².